The summed E-state index contributed by atoms with van der Waals surface area (Å²) in [5.41, 5.74) is 6.13. The van der Waals surface area contributed by atoms with Gasteiger partial charge in [-0.15, -0.1) is 11.3 Å². The highest BCUT2D eigenvalue weighted by Crippen LogP contribution is 2.30. The van der Waals surface area contributed by atoms with Crippen molar-refractivity contribution in [1.82, 2.24) is 9.55 Å². The molecule has 5 heteroatoms. The molecule has 0 aromatic carbocycles. The molecule has 15 heavy (non-hydrogen) atoms. The predicted molar refractivity (Wildman–Crippen MR) is 63.3 cm³/mol. The van der Waals surface area contributed by atoms with Gasteiger partial charge in [0.1, 0.15) is 5.82 Å². The summed E-state index contributed by atoms with van der Waals surface area (Å²) >= 11 is 7.61. The lowest BCUT2D eigenvalue weighted by atomic mass is 10.2. The van der Waals surface area contributed by atoms with Crippen LogP contribution in [0.15, 0.2) is 23.8 Å². The average molecular weight is 242 g/mol. The van der Waals surface area contributed by atoms with Crippen LogP contribution >= 0.6 is 22.9 Å². The van der Waals surface area contributed by atoms with Crippen molar-refractivity contribution in [2.45, 2.75) is 19.5 Å². The first kappa shape index (κ1) is 10.7. The molecule has 0 radical (unpaired) electrons. The molecule has 2 aromatic rings. The molecule has 0 saturated heterocycles. The van der Waals surface area contributed by atoms with Crippen molar-refractivity contribution < 1.29 is 0 Å². The quantitative estimate of drug-likeness (QED) is 0.898. The fourth-order valence-corrected chi connectivity index (χ4v) is 2.68. The summed E-state index contributed by atoms with van der Waals surface area (Å²) in [6.07, 6.45) is 3.69. The van der Waals surface area contributed by atoms with E-state index in [0.717, 1.165) is 22.3 Å². The molecule has 0 saturated carbocycles. The number of nitrogens with zero attached hydrogens (tertiary/aromatic N) is 2. The van der Waals surface area contributed by atoms with E-state index in [-0.39, 0.29) is 6.04 Å². The zero-order valence-electron chi connectivity index (χ0n) is 8.35. The van der Waals surface area contributed by atoms with Crippen molar-refractivity contribution in [2.24, 2.45) is 5.73 Å². The Morgan fingerprint density at radius 1 is 1.67 bits per heavy atom. The SMILES string of the molecule is CCn1ccnc1C(N)c1sccc1Cl. The molecular formula is C10H12ClN3S. The second kappa shape index (κ2) is 4.35. The Kier molecular flexibility index (Phi) is 3.09. The number of halogens is 1. The summed E-state index contributed by atoms with van der Waals surface area (Å²) in [6, 6.07) is 1.63. The fourth-order valence-electron chi connectivity index (χ4n) is 1.51. The molecule has 80 valence electrons. The third-order valence-corrected chi connectivity index (χ3v) is 3.74. The van der Waals surface area contributed by atoms with Gasteiger partial charge in [-0.3, -0.25) is 0 Å². The van der Waals surface area contributed by atoms with Gasteiger partial charge in [-0.2, -0.15) is 0 Å². The van der Waals surface area contributed by atoms with Gasteiger partial charge < -0.3 is 10.3 Å². The number of imidazole rings is 1. The summed E-state index contributed by atoms with van der Waals surface area (Å²) in [7, 11) is 0. The van der Waals surface area contributed by atoms with Crippen LogP contribution < -0.4 is 5.73 Å². The van der Waals surface area contributed by atoms with Gasteiger partial charge >= 0.3 is 0 Å². The smallest absolute Gasteiger partial charge is 0.131 e. The Bertz CT molecular complexity index is 449. The molecule has 0 amide bonds. The summed E-state index contributed by atoms with van der Waals surface area (Å²) in [5.74, 6) is 0.863. The molecule has 0 aliphatic heterocycles. The highest BCUT2D eigenvalue weighted by molar-refractivity contribution is 7.10. The predicted octanol–water partition coefficient (Wildman–Crippen LogP) is 2.67. The van der Waals surface area contributed by atoms with Crippen LogP contribution in [0.2, 0.25) is 5.02 Å². The van der Waals surface area contributed by atoms with E-state index in [0.29, 0.717) is 0 Å². The molecule has 3 nitrogen and oxygen atoms in total. The van der Waals surface area contributed by atoms with Gasteiger partial charge in [-0.05, 0) is 18.4 Å². The summed E-state index contributed by atoms with van der Waals surface area (Å²) < 4.78 is 2.03. The second-order valence-electron chi connectivity index (χ2n) is 3.18. The van der Waals surface area contributed by atoms with Crippen LogP contribution in [0.25, 0.3) is 0 Å². The molecule has 0 bridgehead atoms. The number of nitrogens with two attached hydrogens (primary N) is 1. The maximum atomic E-state index is 6.13. The van der Waals surface area contributed by atoms with Gasteiger partial charge in [-0.25, -0.2) is 4.98 Å². The lowest BCUT2D eigenvalue weighted by Crippen LogP contribution is -2.16. The van der Waals surface area contributed by atoms with E-state index < -0.39 is 0 Å². The molecule has 2 rings (SSSR count). The van der Waals surface area contributed by atoms with Crippen LogP contribution in [0.4, 0.5) is 0 Å². The molecule has 0 aliphatic rings. The Labute approximate surface area is 97.5 Å². The number of aromatic nitrogens is 2. The zero-order valence-corrected chi connectivity index (χ0v) is 9.92. The topological polar surface area (TPSA) is 43.8 Å². The van der Waals surface area contributed by atoms with Gasteiger partial charge in [0.15, 0.2) is 0 Å². The fraction of sp³-hybridized carbons (Fsp3) is 0.300. The van der Waals surface area contributed by atoms with E-state index in [9.17, 15) is 0 Å². The summed E-state index contributed by atoms with van der Waals surface area (Å²) in [5, 5.41) is 2.66. The van der Waals surface area contributed by atoms with E-state index in [1.807, 2.05) is 22.2 Å². The van der Waals surface area contributed by atoms with Crippen LogP contribution in [0, 0.1) is 0 Å². The normalized spacial score (nSPS) is 13.0. The highest BCUT2D eigenvalue weighted by atomic mass is 35.5. The first-order chi connectivity index (χ1) is 7.24. The molecule has 2 N–H and O–H groups in total. The number of hydrogen-bond acceptors (Lipinski definition) is 3. The van der Waals surface area contributed by atoms with Gasteiger partial charge in [0.25, 0.3) is 0 Å². The number of rotatable bonds is 3. The van der Waals surface area contributed by atoms with Crippen molar-refractivity contribution in [3.8, 4) is 0 Å². The Hall–Kier alpha value is -0.840. The van der Waals surface area contributed by atoms with Gasteiger partial charge in [0.2, 0.25) is 0 Å². The van der Waals surface area contributed by atoms with E-state index in [4.69, 9.17) is 17.3 Å². The minimum Gasteiger partial charge on any atom is -0.334 e. The molecule has 1 atom stereocenters. The Morgan fingerprint density at radius 3 is 3.07 bits per heavy atom. The van der Waals surface area contributed by atoms with Crippen molar-refractivity contribution in [1.29, 1.82) is 0 Å². The lowest BCUT2D eigenvalue weighted by molar-refractivity contribution is 0.662. The first-order valence-electron chi connectivity index (χ1n) is 4.73. The molecule has 2 aromatic heterocycles. The monoisotopic (exact) mass is 241 g/mol. The third kappa shape index (κ3) is 1.93. The minimum absolute atomic E-state index is 0.229. The first-order valence-corrected chi connectivity index (χ1v) is 5.99. The molecule has 2 heterocycles. The van der Waals surface area contributed by atoms with Gasteiger partial charge in [0, 0.05) is 23.8 Å². The maximum absolute atomic E-state index is 6.13. The second-order valence-corrected chi connectivity index (χ2v) is 4.54. The highest BCUT2D eigenvalue weighted by Gasteiger charge is 2.17. The van der Waals surface area contributed by atoms with Crippen molar-refractivity contribution >= 4 is 22.9 Å². The van der Waals surface area contributed by atoms with Crippen LogP contribution in [-0.4, -0.2) is 9.55 Å². The van der Waals surface area contributed by atoms with E-state index in [2.05, 4.69) is 11.9 Å². The lowest BCUT2D eigenvalue weighted by Gasteiger charge is -2.11. The summed E-state index contributed by atoms with van der Waals surface area (Å²) in [6.45, 7) is 2.93. The molecule has 0 fully saturated rings. The number of aryl methyl sites for hydroxylation is 1. The van der Waals surface area contributed by atoms with E-state index in [1.54, 1.807) is 17.5 Å². The zero-order chi connectivity index (χ0) is 10.8. The number of thiophene rings is 1. The van der Waals surface area contributed by atoms with E-state index in [1.165, 1.54) is 0 Å². The van der Waals surface area contributed by atoms with Crippen LogP contribution in [0.5, 0.6) is 0 Å². The maximum Gasteiger partial charge on any atom is 0.131 e. The molecular weight excluding hydrogens is 230 g/mol. The molecule has 0 spiro atoms. The Balaban J connectivity index is 2.36. The molecule has 1 unspecified atom stereocenters. The molecule has 0 aliphatic carbocycles. The third-order valence-electron chi connectivity index (χ3n) is 2.29. The standard InChI is InChI=1S/C10H12ClN3S/c1-2-14-5-4-13-10(14)8(12)9-7(11)3-6-15-9/h3-6,8H,2,12H2,1H3. The average Bonchev–Trinajstić information content (AvgIpc) is 2.84. The number of hydrogen-bond donors (Lipinski definition) is 1. The largest absolute Gasteiger partial charge is 0.334 e. The van der Waals surface area contributed by atoms with E-state index >= 15 is 0 Å². The van der Waals surface area contributed by atoms with Crippen LogP contribution in [0.3, 0.4) is 0 Å². The Morgan fingerprint density at radius 2 is 2.47 bits per heavy atom. The van der Waals surface area contributed by atoms with Gasteiger partial charge in [0.05, 0.1) is 11.1 Å². The van der Waals surface area contributed by atoms with Crippen molar-refractivity contribution in [2.75, 3.05) is 0 Å². The van der Waals surface area contributed by atoms with Crippen molar-refractivity contribution in [3.63, 3.8) is 0 Å². The van der Waals surface area contributed by atoms with Crippen molar-refractivity contribution in [3.05, 3.63) is 39.6 Å². The minimum atomic E-state index is -0.229. The van der Waals surface area contributed by atoms with Crippen LogP contribution in [0.1, 0.15) is 23.7 Å². The van der Waals surface area contributed by atoms with Gasteiger partial charge in [-0.1, -0.05) is 11.6 Å². The summed E-state index contributed by atoms with van der Waals surface area (Å²) in [4.78, 5) is 5.24. The van der Waals surface area contributed by atoms with Crippen LogP contribution in [-0.2, 0) is 6.54 Å².